The molecular formula is C8H17N2O2S-. The van der Waals surface area contributed by atoms with E-state index in [2.05, 4.69) is 4.72 Å². The van der Waals surface area contributed by atoms with Gasteiger partial charge in [-0.2, -0.15) is 0 Å². The van der Waals surface area contributed by atoms with Crippen LogP contribution in [0.3, 0.4) is 0 Å². The summed E-state index contributed by atoms with van der Waals surface area (Å²) < 4.78 is 2.78. The van der Waals surface area contributed by atoms with Crippen LogP contribution in [-0.4, -0.2) is 24.3 Å². The van der Waals surface area contributed by atoms with Crippen LogP contribution in [0.15, 0.2) is 0 Å². The molecule has 4 nitrogen and oxygen atoms in total. The summed E-state index contributed by atoms with van der Waals surface area (Å²) in [7, 11) is 0. The number of hydrogen-bond donors (Lipinski definition) is 2. The van der Waals surface area contributed by atoms with Crippen LogP contribution < -0.4 is 15.6 Å². The molecule has 13 heavy (non-hydrogen) atoms. The zero-order valence-electron chi connectivity index (χ0n) is 7.91. The molecular weight excluding hydrogens is 188 g/mol. The minimum absolute atomic E-state index is 0.584. The van der Waals surface area contributed by atoms with Crippen molar-refractivity contribution < 1.29 is 9.90 Å². The Labute approximate surface area is 83.4 Å². The molecule has 0 rings (SSSR count). The summed E-state index contributed by atoms with van der Waals surface area (Å²) >= 11 is 1.43. The van der Waals surface area contributed by atoms with E-state index in [-0.39, 0.29) is 0 Å². The van der Waals surface area contributed by atoms with Crippen molar-refractivity contribution in [3.63, 3.8) is 0 Å². The van der Waals surface area contributed by atoms with Gasteiger partial charge in [-0.25, -0.2) is 0 Å². The zero-order valence-corrected chi connectivity index (χ0v) is 8.73. The predicted molar refractivity (Wildman–Crippen MR) is 53.0 cm³/mol. The third kappa shape index (κ3) is 8.08. The second-order valence-electron chi connectivity index (χ2n) is 2.86. The standard InChI is InChI=1S/C8H18N2O2S/c1-7(8(11)12)10-13-6-4-2-3-5-9/h7,10H,2-6,9H2,1H3,(H,11,12)/p-1. The van der Waals surface area contributed by atoms with Crippen molar-refractivity contribution in [1.29, 1.82) is 0 Å². The lowest BCUT2D eigenvalue weighted by Gasteiger charge is -2.13. The van der Waals surface area contributed by atoms with E-state index < -0.39 is 12.0 Å². The van der Waals surface area contributed by atoms with Gasteiger partial charge in [-0.05, 0) is 26.3 Å². The number of aliphatic carboxylic acids is 1. The maximum atomic E-state index is 10.3. The summed E-state index contributed by atoms with van der Waals surface area (Å²) in [5, 5.41) is 10.3. The third-order valence-corrected chi connectivity index (χ3v) is 2.58. The van der Waals surface area contributed by atoms with Gasteiger partial charge < -0.3 is 15.6 Å². The van der Waals surface area contributed by atoms with Crippen LogP contribution in [0.5, 0.6) is 0 Å². The molecule has 0 aromatic rings. The molecule has 0 aromatic carbocycles. The fraction of sp³-hybridized carbons (Fsp3) is 0.875. The summed E-state index contributed by atoms with van der Waals surface area (Å²) in [5.41, 5.74) is 5.32. The van der Waals surface area contributed by atoms with Crippen molar-refractivity contribution in [3.8, 4) is 0 Å². The molecule has 5 heteroatoms. The van der Waals surface area contributed by atoms with Crippen molar-refractivity contribution in [2.24, 2.45) is 5.73 Å². The molecule has 3 N–H and O–H groups in total. The first-order valence-corrected chi connectivity index (χ1v) is 5.45. The molecule has 1 unspecified atom stereocenters. The van der Waals surface area contributed by atoms with Gasteiger partial charge in [0, 0.05) is 5.75 Å². The smallest absolute Gasteiger partial charge is 0.0590 e. The molecule has 0 bridgehead atoms. The van der Waals surface area contributed by atoms with Crippen LogP contribution in [0, 0.1) is 0 Å². The Balaban J connectivity index is 3.11. The molecule has 0 aliphatic heterocycles. The first kappa shape index (κ1) is 12.7. The minimum Gasteiger partial charge on any atom is -0.548 e. The van der Waals surface area contributed by atoms with Gasteiger partial charge in [0.05, 0.1) is 12.0 Å². The molecule has 0 saturated carbocycles. The summed E-state index contributed by atoms with van der Waals surface area (Å²) in [5.74, 6) is -0.146. The molecule has 0 amide bonds. The molecule has 0 aliphatic rings. The molecule has 78 valence electrons. The molecule has 0 fully saturated rings. The molecule has 0 aliphatic carbocycles. The average molecular weight is 205 g/mol. The topological polar surface area (TPSA) is 78.2 Å². The molecule has 1 atom stereocenters. The monoisotopic (exact) mass is 205 g/mol. The maximum absolute atomic E-state index is 10.3. The Morgan fingerprint density at radius 3 is 2.77 bits per heavy atom. The first-order valence-electron chi connectivity index (χ1n) is 4.46. The van der Waals surface area contributed by atoms with Crippen molar-refractivity contribution in [2.45, 2.75) is 32.2 Å². The maximum Gasteiger partial charge on any atom is 0.0590 e. The number of carbonyl (C=O) groups is 1. The number of carbonyl (C=O) groups excluding carboxylic acids is 1. The van der Waals surface area contributed by atoms with Crippen molar-refractivity contribution >= 4 is 17.9 Å². The van der Waals surface area contributed by atoms with Gasteiger partial charge in [0.2, 0.25) is 0 Å². The van der Waals surface area contributed by atoms with Gasteiger partial charge >= 0.3 is 0 Å². The minimum atomic E-state index is -1.06. The van der Waals surface area contributed by atoms with Crippen LogP contribution in [-0.2, 0) is 4.79 Å². The highest BCUT2D eigenvalue weighted by Crippen LogP contribution is 2.02. The van der Waals surface area contributed by atoms with E-state index in [1.807, 2.05) is 0 Å². The van der Waals surface area contributed by atoms with E-state index in [0.717, 1.165) is 31.6 Å². The van der Waals surface area contributed by atoms with Crippen LogP contribution in [0.2, 0.25) is 0 Å². The highest BCUT2D eigenvalue weighted by Gasteiger charge is 2.00. The van der Waals surface area contributed by atoms with Gasteiger partial charge in [-0.1, -0.05) is 18.4 Å². The Morgan fingerprint density at radius 1 is 1.54 bits per heavy atom. The Morgan fingerprint density at radius 2 is 2.23 bits per heavy atom. The van der Waals surface area contributed by atoms with E-state index in [4.69, 9.17) is 5.73 Å². The summed E-state index contributed by atoms with van der Waals surface area (Å²) in [6.45, 7) is 2.30. The Hall–Kier alpha value is -0.260. The number of rotatable bonds is 8. The molecule has 0 radical (unpaired) electrons. The van der Waals surface area contributed by atoms with Gasteiger partial charge in [0.15, 0.2) is 0 Å². The van der Waals surface area contributed by atoms with Crippen LogP contribution in [0.1, 0.15) is 26.2 Å². The van der Waals surface area contributed by atoms with E-state index in [0.29, 0.717) is 0 Å². The van der Waals surface area contributed by atoms with E-state index in [1.165, 1.54) is 11.9 Å². The number of unbranched alkanes of at least 4 members (excludes halogenated alkanes) is 2. The number of carboxylic acid groups (broad SMARTS) is 1. The van der Waals surface area contributed by atoms with E-state index in [9.17, 15) is 9.90 Å². The van der Waals surface area contributed by atoms with E-state index in [1.54, 1.807) is 6.92 Å². The van der Waals surface area contributed by atoms with Crippen molar-refractivity contribution in [2.75, 3.05) is 12.3 Å². The predicted octanol–water partition coefficient (Wildman–Crippen LogP) is -0.508. The highest BCUT2D eigenvalue weighted by molar-refractivity contribution is 7.97. The lowest BCUT2D eigenvalue weighted by Crippen LogP contribution is -2.40. The Kier molecular flexibility index (Phi) is 8.18. The van der Waals surface area contributed by atoms with Crippen LogP contribution in [0.4, 0.5) is 0 Å². The number of nitrogens with two attached hydrogens (primary N) is 1. The largest absolute Gasteiger partial charge is 0.548 e. The van der Waals surface area contributed by atoms with Gasteiger partial charge in [0.25, 0.3) is 0 Å². The zero-order chi connectivity index (χ0) is 10.1. The fourth-order valence-corrected chi connectivity index (χ4v) is 1.54. The second-order valence-corrected chi connectivity index (χ2v) is 3.79. The van der Waals surface area contributed by atoms with Crippen LogP contribution >= 0.6 is 11.9 Å². The van der Waals surface area contributed by atoms with E-state index >= 15 is 0 Å². The summed E-state index contributed by atoms with van der Waals surface area (Å²) in [4.78, 5) is 10.3. The van der Waals surface area contributed by atoms with Gasteiger partial charge in [-0.15, -0.1) is 0 Å². The molecule has 0 aromatic heterocycles. The summed E-state index contributed by atoms with van der Waals surface area (Å²) in [6.07, 6.45) is 3.20. The third-order valence-electron chi connectivity index (χ3n) is 1.56. The SMILES string of the molecule is CC(NSCCCCCN)C(=O)[O-]. The quantitative estimate of drug-likeness (QED) is 0.412. The number of nitrogens with one attached hydrogen (secondary N) is 1. The molecule has 0 heterocycles. The second kappa shape index (κ2) is 8.34. The fourth-order valence-electron chi connectivity index (χ4n) is 0.727. The molecule has 0 saturated heterocycles. The van der Waals surface area contributed by atoms with Crippen molar-refractivity contribution in [3.05, 3.63) is 0 Å². The Bertz CT molecular complexity index is 144. The number of hydrogen-bond acceptors (Lipinski definition) is 5. The van der Waals surface area contributed by atoms with Crippen molar-refractivity contribution in [1.82, 2.24) is 4.72 Å². The summed E-state index contributed by atoms with van der Waals surface area (Å²) in [6, 6.07) is -0.584. The lowest BCUT2D eigenvalue weighted by atomic mass is 10.2. The van der Waals surface area contributed by atoms with Gasteiger partial charge in [-0.3, -0.25) is 4.72 Å². The number of carboxylic acids is 1. The highest BCUT2D eigenvalue weighted by atomic mass is 32.2. The average Bonchev–Trinajstić information content (AvgIpc) is 2.10. The van der Waals surface area contributed by atoms with Crippen LogP contribution in [0.25, 0.3) is 0 Å². The first-order chi connectivity index (χ1) is 6.18. The normalized spacial score (nSPS) is 12.8. The molecule has 0 spiro atoms. The lowest BCUT2D eigenvalue weighted by molar-refractivity contribution is -0.307. The van der Waals surface area contributed by atoms with Gasteiger partial charge in [0.1, 0.15) is 0 Å².